The third-order valence-corrected chi connectivity index (χ3v) is 5.05. The maximum atomic E-state index is 12.2. The van der Waals surface area contributed by atoms with Gasteiger partial charge in [0.1, 0.15) is 5.75 Å². The van der Waals surface area contributed by atoms with Crippen LogP contribution in [0, 0.1) is 0 Å². The van der Waals surface area contributed by atoms with E-state index < -0.39 is 5.91 Å². The maximum Gasteiger partial charge on any atom is 0.267 e. The fraction of sp³-hybridized carbons (Fsp3) is 0.111. The minimum Gasteiger partial charge on any atom is -0.484 e. The second kappa shape index (κ2) is 9.11. The van der Waals surface area contributed by atoms with Crippen molar-refractivity contribution in [3.8, 4) is 5.75 Å². The predicted molar refractivity (Wildman–Crippen MR) is 108 cm³/mol. The minimum absolute atomic E-state index is 0.0747. The molecule has 0 radical (unpaired) electrons. The Morgan fingerprint density at radius 1 is 1.07 bits per heavy atom. The van der Waals surface area contributed by atoms with E-state index in [0.29, 0.717) is 27.1 Å². The molecule has 0 aliphatic heterocycles. The molecule has 10 heteroatoms. The van der Waals surface area contributed by atoms with Crippen LogP contribution in [0.1, 0.15) is 15.4 Å². The highest BCUT2D eigenvalue weighted by Crippen LogP contribution is 2.19. The zero-order valence-electron chi connectivity index (χ0n) is 14.5. The quantitative estimate of drug-likeness (QED) is 0.521. The summed E-state index contributed by atoms with van der Waals surface area (Å²) in [6, 6.07) is 10.1. The van der Waals surface area contributed by atoms with Crippen LogP contribution in [0.4, 0.5) is 10.8 Å². The molecule has 3 amide bonds. The molecule has 0 unspecified atom stereocenters. The lowest BCUT2D eigenvalue weighted by Crippen LogP contribution is -2.20. The number of rotatable bonds is 8. The molecule has 2 aromatic heterocycles. The number of ether oxygens (including phenoxy) is 1. The number of hydrogen-bond donors (Lipinski definition) is 3. The predicted octanol–water partition coefficient (Wildman–Crippen LogP) is 2.50. The van der Waals surface area contributed by atoms with E-state index in [9.17, 15) is 14.4 Å². The van der Waals surface area contributed by atoms with E-state index in [1.54, 1.807) is 41.8 Å². The van der Waals surface area contributed by atoms with Gasteiger partial charge in [0.15, 0.2) is 11.7 Å². The second-order valence-electron chi connectivity index (χ2n) is 5.58. The molecule has 0 spiro atoms. The van der Waals surface area contributed by atoms with Gasteiger partial charge in [-0.3, -0.25) is 19.7 Å². The molecule has 144 valence electrons. The van der Waals surface area contributed by atoms with Crippen molar-refractivity contribution in [2.45, 2.75) is 6.42 Å². The summed E-state index contributed by atoms with van der Waals surface area (Å²) in [4.78, 5) is 39.7. The van der Waals surface area contributed by atoms with Crippen molar-refractivity contribution in [1.29, 1.82) is 0 Å². The molecule has 0 aliphatic carbocycles. The second-order valence-corrected chi connectivity index (χ2v) is 7.39. The number of thiophene rings is 1. The Labute approximate surface area is 168 Å². The summed E-state index contributed by atoms with van der Waals surface area (Å²) in [6.45, 7) is -0.207. The number of thiazole rings is 1. The van der Waals surface area contributed by atoms with Gasteiger partial charge >= 0.3 is 0 Å². The molecule has 0 saturated carbocycles. The minimum atomic E-state index is -0.563. The van der Waals surface area contributed by atoms with Gasteiger partial charge in [0.05, 0.1) is 17.0 Å². The highest BCUT2D eigenvalue weighted by molar-refractivity contribution is 7.14. The number of carbonyl (C=O) groups excluding carboxylic acids is 3. The van der Waals surface area contributed by atoms with Gasteiger partial charge in [-0.15, -0.1) is 22.7 Å². The molecule has 0 atom stereocenters. The molecular weight excluding hydrogens is 400 g/mol. The van der Waals surface area contributed by atoms with Gasteiger partial charge in [0, 0.05) is 11.1 Å². The largest absolute Gasteiger partial charge is 0.484 e. The molecule has 0 aliphatic rings. The van der Waals surface area contributed by atoms with Crippen LogP contribution < -0.4 is 21.1 Å². The number of anilines is 2. The Hall–Kier alpha value is -3.24. The first-order valence-electron chi connectivity index (χ1n) is 8.10. The molecule has 0 fully saturated rings. The van der Waals surface area contributed by atoms with Gasteiger partial charge in [-0.25, -0.2) is 4.98 Å². The zero-order chi connectivity index (χ0) is 19.9. The van der Waals surface area contributed by atoms with Crippen molar-refractivity contribution in [3.63, 3.8) is 0 Å². The number of amides is 3. The van der Waals surface area contributed by atoms with Gasteiger partial charge in [-0.2, -0.15) is 0 Å². The molecule has 1 aromatic carbocycles. The molecule has 0 bridgehead atoms. The fourth-order valence-corrected chi connectivity index (χ4v) is 3.49. The van der Waals surface area contributed by atoms with Gasteiger partial charge in [0.25, 0.3) is 11.8 Å². The molecule has 8 nitrogen and oxygen atoms in total. The average molecular weight is 416 g/mol. The van der Waals surface area contributed by atoms with Crippen LogP contribution in [0.25, 0.3) is 0 Å². The van der Waals surface area contributed by atoms with E-state index in [2.05, 4.69) is 15.6 Å². The zero-order valence-corrected chi connectivity index (χ0v) is 16.1. The third kappa shape index (κ3) is 5.63. The SMILES string of the molecule is NC(=O)COc1ccc(NC(=O)Cc2csc(NC(=O)c3cccs3)n2)cc1. The lowest BCUT2D eigenvalue weighted by Gasteiger charge is -2.06. The van der Waals surface area contributed by atoms with E-state index >= 15 is 0 Å². The lowest BCUT2D eigenvalue weighted by atomic mass is 10.2. The summed E-state index contributed by atoms with van der Waals surface area (Å²) in [6.07, 6.45) is 0.0747. The van der Waals surface area contributed by atoms with Crippen LogP contribution >= 0.6 is 22.7 Å². The molecule has 28 heavy (non-hydrogen) atoms. The van der Waals surface area contributed by atoms with Crippen LogP contribution in [0.2, 0.25) is 0 Å². The Kier molecular flexibility index (Phi) is 6.35. The number of benzene rings is 1. The molecule has 3 rings (SSSR count). The summed E-state index contributed by atoms with van der Waals surface area (Å²) in [7, 11) is 0. The van der Waals surface area contributed by atoms with Crippen molar-refractivity contribution >= 4 is 51.2 Å². The number of aromatic nitrogens is 1. The summed E-state index contributed by atoms with van der Waals surface area (Å²) >= 11 is 2.60. The summed E-state index contributed by atoms with van der Waals surface area (Å²) in [5.41, 5.74) is 6.16. The Morgan fingerprint density at radius 2 is 1.86 bits per heavy atom. The maximum absolute atomic E-state index is 12.2. The van der Waals surface area contributed by atoms with Gasteiger partial charge < -0.3 is 15.8 Å². The lowest BCUT2D eigenvalue weighted by molar-refractivity contribution is -0.120. The Balaban J connectivity index is 1.50. The van der Waals surface area contributed by atoms with Crippen LogP contribution in [0.3, 0.4) is 0 Å². The van der Waals surface area contributed by atoms with Crippen molar-refractivity contribution in [1.82, 2.24) is 4.98 Å². The topological polar surface area (TPSA) is 123 Å². The van der Waals surface area contributed by atoms with Crippen molar-refractivity contribution in [3.05, 3.63) is 57.7 Å². The average Bonchev–Trinajstić information content (AvgIpc) is 3.33. The number of nitrogens with zero attached hydrogens (tertiary/aromatic N) is 1. The highest BCUT2D eigenvalue weighted by atomic mass is 32.1. The van der Waals surface area contributed by atoms with E-state index in [1.807, 2.05) is 5.38 Å². The van der Waals surface area contributed by atoms with E-state index in [0.717, 1.165) is 0 Å². The first kappa shape index (κ1) is 19.5. The Bertz CT molecular complexity index is 968. The summed E-state index contributed by atoms with van der Waals surface area (Å²) < 4.78 is 5.15. The molecular formula is C18H16N4O4S2. The van der Waals surface area contributed by atoms with E-state index in [1.165, 1.54) is 22.7 Å². The van der Waals surface area contributed by atoms with E-state index in [4.69, 9.17) is 10.5 Å². The molecule has 4 N–H and O–H groups in total. The smallest absolute Gasteiger partial charge is 0.267 e. The number of nitrogens with one attached hydrogen (secondary N) is 2. The van der Waals surface area contributed by atoms with Crippen LogP contribution in [0.15, 0.2) is 47.2 Å². The summed E-state index contributed by atoms with van der Waals surface area (Å²) in [5, 5.41) is 9.45. The van der Waals surface area contributed by atoms with Crippen LogP contribution in [-0.2, 0) is 16.0 Å². The summed E-state index contributed by atoms with van der Waals surface area (Å²) in [5.74, 6) is -0.555. The van der Waals surface area contributed by atoms with Gasteiger partial charge in [-0.1, -0.05) is 6.07 Å². The fourth-order valence-electron chi connectivity index (χ4n) is 2.17. The van der Waals surface area contributed by atoms with Crippen LogP contribution in [0.5, 0.6) is 5.75 Å². The Morgan fingerprint density at radius 3 is 2.54 bits per heavy atom. The first-order valence-corrected chi connectivity index (χ1v) is 9.86. The number of hydrogen-bond acceptors (Lipinski definition) is 7. The standard InChI is InChI=1S/C18H16N4O4S2/c19-15(23)9-26-13-5-3-11(4-6-13)20-16(24)8-12-10-28-18(21-12)22-17(25)14-2-1-7-27-14/h1-7,10H,8-9H2,(H2,19,23)(H,20,24)(H,21,22,25). The first-order chi connectivity index (χ1) is 13.5. The van der Waals surface area contributed by atoms with Crippen molar-refractivity contribution in [2.24, 2.45) is 5.73 Å². The van der Waals surface area contributed by atoms with Crippen molar-refractivity contribution in [2.75, 3.05) is 17.2 Å². The third-order valence-electron chi connectivity index (χ3n) is 3.38. The number of nitrogens with two attached hydrogens (primary N) is 1. The van der Waals surface area contributed by atoms with Crippen LogP contribution in [-0.4, -0.2) is 29.3 Å². The molecule has 2 heterocycles. The molecule has 3 aromatic rings. The highest BCUT2D eigenvalue weighted by Gasteiger charge is 2.12. The van der Waals surface area contributed by atoms with Crippen molar-refractivity contribution < 1.29 is 19.1 Å². The number of carbonyl (C=O) groups is 3. The number of primary amides is 1. The van der Waals surface area contributed by atoms with E-state index in [-0.39, 0.29) is 24.8 Å². The van der Waals surface area contributed by atoms with Gasteiger partial charge in [-0.05, 0) is 35.7 Å². The normalized spacial score (nSPS) is 10.3. The molecule has 0 saturated heterocycles. The van der Waals surface area contributed by atoms with Gasteiger partial charge in [0.2, 0.25) is 5.91 Å². The monoisotopic (exact) mass is 416 g/mol.